The normalized spacial score (nSPS) is 33.9. The summed E-state index contributed by atoms with van der Waals surface area (Å²) in [6, 6.07) is 10.8. The number of benzene rings is 1. The lowest BCUT2D eigenvalue weighted by atomic mass is 9.81. The first-order valence-corrected chi connectivity index (χ1v) is 5.75. The molecule has 1 N–H and O–H groups in total. The van der Waals surface area contributed by atoms with Crippen molar-refractivity contribution in [2.24, 2.45) is 11.3 Å². The van der Waals surface area contributed by atoms with E-state index in [4.69, 9.17) is 0 Å². The number of hydrogen-bond acceptors (Lipinski definition) is 1. The van der Waals surface area contributed by atoms with Gasteiger partial charge in [-0.05, 0) is 28.9 Å². The van der Waals surface area contributed by atoms with Crippen LogP contribution in [0, 0.1) is 11.3 Å². The molecule has 2 unspecified atom stereocenters. The third kappa shape index (κ3) is 1.42. The van der Waals surface area contributed by atoms with E-state index in [9.17, 15) is 0 Å². The molecular weight excluding hydrogens is 182 g/mol. The van der Waals surface area contributed by atoms with Crippen LogP contribution in [0.5, 0.6) is 0 Å². The van der Waals surface area contributed by atoms with Crippen LogP contribution in [0.3, 0.4) is 0 Å². The molecule has 0 bridgehead atoms. The fourth-order valence-electron chi connectivity index (χ4n) is 2.93. The van der Waals surface area contributed by atoms with Crippen LogP contribution < -0.4 is 5.32 Å². The second kappa shape index (κ2) is 3.21. The van der Waals surface area contributed by atoms with Crippen molar-refractivity contribution in [1.82, 2.24) is 5.32 Å². The molecule has 0 radical (unpaired) electrons. The van der Waals surface area contributed by atoms with Gasteiger partial charge in [0.2, 0.25) is 0 Å². The highest BCUT2D eigenvalue weighted by Crippen LogP contribution is 2.47. The Morgan fingerprint density at radius 1 is 1.27 bits per heavy atom. The van der Waals surface area contributed by atoms with Gasteiger partial charge in [0.25, 0.3) is 0 Å². The lowest BCUT2D eigenvalue weighted by Crippen LogP contribution is -2.21. The molecule has 78 valence electrons. The molecule has 0 amide bonds. The highest BCUT2D eigenvalue weighted by atomic mass is 14.9. The lowest BCUT2D eigenvalue weighted by Gasteiger charge is -2.22. The zero-order chi connectivity index (χ0) is 10.3. The van der Waals surface area contributed by atoms with E-state index < -0.39 is 0 Å². The van der Waals surface area contributed by atoms with E-state index in [1.807, 2.05) is 0 Å². The second-order valence-corrected chi connectivity index (χ2v) is 5.13. The zero-order valence-corrected chi connectivity index (χ0v) is 9.16. The van der Waals surface area contributed by atoms with E-state index in [0.717, 1.165) is 12.5 Å². The molecule has 15 heavy (non-hydrogen) atoms. The van der Waals surface area contributed by atoms with Crippen molar-refractivity contribution in [3.8, 4) is 0 Å². The van der Waals surface area contributed by atoms with Crippen LogP contribution in [0.1, 0.15) is 18.9 Å². The molecule has 1 fully saturated rings. The summed E-state index contributed by atoms with van der Waals surface area (Å²) in [6.07, 6.45) is 3.71. The molecule has 0 aromatic heterocycles. The Morgan fingerprint density at radius 2 is 2.07 bits per heavy atom. The molecule has 1 heteroatoms. The molecule has 1 aliphatic heterocycles. The molecule has 1 aromatic rings. The van der Waals surface area contributed by atoms with Gasteiger partial charge in [0, 0.05) is 13.1 Å². The Hall–Kier alpha value is -1.08. The third-order valence-corrected chi connectivity index (χ3v) is 3.93. The number of allylic oxidation sites excluding steroid dienone is 1. The lowest BCUT2D eigenvalue weighted by molar-refractivity contribution is 0.330. The van der Waals surface area contributed by atoms with Crippen molar-refractivity contribution < 1.29 is 0 Å². The van der Waals surface area contributed by atoms with Crippen molar-refractivity contribution in [3.63, 3.8) is 0 Å². The predicted molar refractivity (Wildman–Crippen MR) is 63.5 cm³/mol. The molecular formula is C14H17N. The van der Waals surface area contributed by atoms with Gasteiger partial charge in [0.05, 0.1) is 0 Å². The van der Waals surface area contributed by atoms with Gasteiger partial charge in [-0.15, -0.1) is 0 Å². The fourth-order valence-corrected chi connectivity index (χ4v) is 2.93. The first kappa shape index (κ1) is 9.17. The van der Waals surface area contributed by atoms with Crippen LogP contribution in [-0.4, -0.2) is 13.1 Å². The number of fused-ring (bicyclic) bond motifs is 1. The summed E-state index contributed by atoms with van der Waals surface area (Å²) in [7, 11) is 0. The van der Waals surface area contributed by atoms with Crippen LogP contribution >= 0.6 is 0 Å². The zero-order valence-electron chi connectivity index (χ0n) is 9.16. The summed E-state index contributed by atoms with van der Waals surface area (Å²) in [5.74, 6) is 0.743. The molecule has 2 aliphatic rings. The van der Waals surface area contributed by atoms with Crippen LogP contribution in [0.4, 0.5) is 0 Å². The van der Waals surface area contributed by atoms with Gasteiger partial charge in [-0.2, -0.15) is 0 Å². The van der Waals surface area contributed by atoms with E-state index in [0.29, 0.717) is 5.41 Å². The second-order valence-electron chi connectivity index (χ2n) is 5.13. The van der Waals surface area contributed by atoms with Gasteiger partial charge in [-0.3, -0.25) is 0 Å². The Balaban J connectivity index is 1.92. The van der Waals surface area contributed by atoms with Gasteiger partial charge >= 0.3 is 0 Å². The highest BCUT2D eigenvalue weighted by molar-refractivity contribution is 5.69. The van der Waals surface area contributed by atoms with Gasteiger partial charge in [0.15, 0.2) is 0 Å². The summed E-state index contributed by atoms with van der Waals surface area (Å²) >= 11 is 0. The standard InChI is InChI=1S/C14H17N/c1-14-8-12(7-13(14)9-15-10-14)11-5-3-2-4-6-11/h2-7,13,15H,8-10H2,1H3. The average molecular weight is 199 g/mol. The Kier molecular flexibility index (Phi) is 1.96. The number of rotatable bonds is 1. The summed E-state index contributed by atoms with van der Waals surface area (Å²) < 4.78 is 0. The van der Waals surface area contributed by atoms with Crippen LogP contribution in [-0.2, 0) is 0 Å². The van der Waals surface area contributed by atoms with Gasteiger partial charge in [-0.1, -0.05) is 43.3 Å². The largest absolute Gasteiger partial charge is 0.316 e. The first-order chi connectivity index (χ1) is 7.28. The van der Waals surface area contributed by atoms with E-state index in [2.05, 4.69) is 48.6 Å². The number of hydrogen-bond donors (Lipinski definition) is 1. The predicted octanol–water partition coefficient (Wildman–Crippen LogP) is 2.70. The van der Waals surface area contributed by atoms with E-state index in [-0.39, 0.29) is 0 Å². The van der Waals surface area contributed by atoms with Crippen molar-refractivity contribution in [3.05, 3.63) is 42.0 Å². The van der Waals surface area contributed by atoms with E-state index >= 15 is 0 Å². The number of nitrogens with one attached hydrogen (secondary N) is 1. The minimum absolute atomic E-state index is 0.477. The van der Waals surface area contributed by atoms with Crippen molar-refractivity contribution >= 4 is 5.57 Å². The Bertz CT molecular complexity index is 393. The van der Waals surface area contributed by atoms with Gasteiger partial charge in [-0.25, -0.2) is 0 Å². The summed E-state index contributed by atoms with van der Waals surface area (Å²) in [4.78, 5) is 0. The maximum absolute atomic E-state index is 3.49. The van der Waals surface area contributed by atoms with Gasteiger partial charge in [0.1, 0.15) is 0 Å². The van der Waals surface area contributed by atoms with Crippen molar-refractivity contribution in [2.75, 3.05) is 13.1 Å². The van der Waals surface area contributed by atoms with Crippen molar-refractivity contribution in [1.29, 1.82) is 0 Å². The molecule has 1 saturated heterocycles. The smallest absolute Gasteiger partial charge is 0.00205 e. The summed E-state index contributed by atoms with van der Waals surface area (Å²) in [5, 5.41) is 3.49. The van der Waals surface area contributed by atoms with Crippen LogP contribution in [0.25, 0.3) is 5.57 Å². The summed E-state index contributed by atoms with van der Waals surface area (Å²) in [6.45, 7) is 4.74. The quantitative estimate of drug-likeness (QED) is 0.733. The molecule has 1 aromatic carbocycles. The maximum atomic E-state index is 3.49. The molecule has 3 rings (SSSR count). The monoisotopic (exact) mass is 199 g/mol. The summed E-state index contributed by atoms with van der Waals surface area (Å²) in [5.41, 5.74) is 3.43. The van der Waals surface area contributed by atoms with Crippen molar-refractivity contribution in [2.45, 2.75) is 13.3 Å². The molecule has 1 heterocycles. The Morgan fingerprint density at radius 3 is 2.80 bits per heavy atom. The highest BCUT2D eigenvalue weighted by Gasteiger charge is 2.42. The Labute approximate surface area is 91.2 Å². The first-order valence-electron chi connectivity index (χ1n) is 5.75. The molecule has 1 nitrogen and oxygen atoms in total. The topological polar surface area (TPSA) is 12.0 Å². The van der Waals surface area contributed by atoms with E-state index in [1.165, 1.54) is 18.5 Å². The van der Waals surface area contributed by atoms with Crippen LogP contribution in [0.2, 0.25) is 0 Å². The average Bonchev–Trinajstić information content (AvgIpc) is 2.74. The molecule has 1 aliphatic carbocycles. The molecule has 0 saturated carbocycles. The van der Waals surface area contributed by atoms with Gasteiger partial charge < -0.3 is 5.32 Å². The van der Waals surface area contributed by atoms with Crippen LogP contribution in [0.15, 0.2) is 36.4 Å². The molecule has 2 atom stereocenters. The fraction of sp³-hybridized carbons (Fsp3) is 0.429. The maximum Gasteiger partial charge on any atom is 0.00205 e. The third-order valence-electron chi connectivity index (χ3n) is 3.93. The molecule has 0 spiro atoms. The SMILES string of the molecule is CC12CNCC1C=C(c1ccccc1)C2. The van der Waals surface area contributed by atoms with E-state index in [1.54, 1.807) is 5.57 Å². The minimum atomic E-state index is 0.477. The minimum Gasteiger partial charge on any atom is -0.316 e.